The van der Waals surface area contributed by atoms with Crippen LogP contribution in [0, 0.1) is 6.92 Å². The maximum atomic E-state index is 12.9. The van der Waals surface area contributed by atoms with Gasteiger partial charge >= 0.3 is 6.09 Å². The Morgan fingerprint density at radius 2 is 1.86 bits per heavy atom. The van der Waals surface area contributed by atoms with Crippen LogP contribution >= 0.6 is 0 Å². The molecule has 0 saturated heterocycles. The van der Waals surface area contributed by atoms with E-state index in [0.717, 1.165) is 5.56 Å². The van der Waals surface area contributed by atoms with Gasteiger partial charge in [0.15, 0.2) is 0 Å². The molecule has 8 heteroatoms. The number of carbonyl (C=O) groups is 3. The van der Waals surface area contributed by atoms with Crippen LogP contribution in [0.5, 0.6) is 0 Å². The lowest BCUT2D eigenvalue weighted by Gasteiger charge is -2.32. The van der Waals surface area contributed by atoms with Gasteiger partial charge in [0, 0.05) is 12.6 Å². The van der Waals surface area contributed by atoms with Crippen LogP contribution in [0.15, 0.2) is 24.3 Å². The van der Waals surface area contributed by atoms with Gasteiger partial charge in [-0.3, -0.25) is 9.59 Å². The van der Waals surface area contributed by atoms with E-state index >= 15 is 0 Å². The lowest BCUT2D eigenvalue weighted by Crippen LogP contribution is -2.49. The molecular weight excluding hydrogens is 374 g/mol. The number of hydrogen-bond acceptors (Lipinski definition) is 5. The molecule has 0 aliphatic rings. The van der Waals surface area contributed by atoms with E-state index in [9.17, 15) is 19.5 Å². The molecule has 0 aromatic heterocycles. The van der Waals surface area contributed by atoms with Gasteiger partial charge in [0.2, 0.25) is 11.8 Å². The third-order valence-corrected chi connectivity index (χ3v) is 3.79. The number of aliphatic hydroxyl groups excluding tert-OH is 1. The number of alkyl carbamates (subject to hydrolysis) is 1. The lowest BCUT2D eigenvalue weighted by molar-refractivity contribution is -0.141. The predicted molar refractivity (Wildman–Crippen MR) is 110 cm³/mol. The Morgan fingerprint density at radius 1 is 1.21 bits per heavy atom. The molecule has 1 aromatic rings. The van der Waals surface area contributed by atoms with Crippen molar-refractivity contribution < 1.29 is 24.2 Å². The Kier molecular flexibility index (Phi) is 9.10. The SMILES string of the molecule is Cc1cccc(C(C(=O)NC(C)C)N(CCO)C(=O)CNC(=O)OC(C)(C)C)c1. The molecule has 0 aliphatic carbocycles. The van der Waals surface area contributed by atoms with Crippen LogP contribution < -0.4 is 10.6 Å². The fourth-order valence-corrected chi connectivity index (χ4v) is 2.75. The number of aliphatic hydroxyl groups is 1. The normalized spacial score (nSPS) is 12.3. The second-order valence-electron chi connectivity index (χ2n) is 8.15. The fourth-order valence-electron chi connectivity index (χ4n) is 2.75. The Labute approximate surface area is 172 Å². The molecule has 1 aromatic carbocycles. The largest absolute Gasteiger partial charge is 0.444 e. The smallest absolute Gasteiger partial charge is 0.408 e. The van der Waals surface area contributed by atoms with E-state index in [1.54, 1.807) is 32.9 Å². The third-order valence-electron chi connectivity index (χ3n) is 3.79. The molecule has 162 valence electrons. The molecule has 0 fully saturated rings. The van der Waals surface area contributed by atoms with Gasteiger partial charge in [-0.25, -0.2) is 4.79 Å². The Balaban J connectivity index is 3.10. The van der Waals surface area contributed by atoms with Gasteiger partial charge in [-0.1, -0.05) is 29.8 Å². The van der Waals surface area contributed by atoms with Gasteiger partial charge < -0.3 is 25.4 Å². The van der Waals surface area contributed by atoms with Crippen LogP contribution in [0.2, 0.25) is 0 Å². The fraction of sp³-hybridized carbons (Fsp3) is 0.571. The number of aryl methyl sites for hydroxylation is 1. The summed E-state index contributed by atoms with van der Waals surface area (Å²) in [6.45, 7) is 9.97. The average molecular weight is 408 g/mol. The molecule has 0 radical (unpaired) electrons. The molecule has 0 heterocycles. The summed E-state index contributed by atoms with van der Waals surface area (Å²) in [5.41, 5.74) is 0.870. The number of carbonyl (C=O) groups excluding carboxylic acids is 3. The number of ether oxygens (including phenoxy) is 1. The molecule has 0 saturated carbocycles. The standard InChI is InChI=1S/C21H33N3O5/c1-14(2)23-19(27)18(16-9-7-8-15(3)12-16)24(10-11-25)17(26)13-22-20(28)29-21(4,5)6/h7-9,12,14,18,25H,10-11,13H2,1-6H3,(H,22,28)(H,23,27). The zero-order chi connectivity index (χ0) is 22.2. The first-order valence-electron chi connectivity index (χ1n) is 9.68. The van der Waals surface area contributed by atoms with E-state index in [-0.39, 0.29) is 31.6 Å². The highest BCUT2D eigenvalue weighted by molar-refractivity contribution is 5.90. The van der Waals surface area contributed by atoms with E-state index in [1.165, 1.54) is 4.90 Å². The van der Waals surface area contributed by atoms with Gasteiger partial charge in [0.25, 0.3) is 0 Å². The van der Waals surface area contributed by atoms with Crippen LogP contribution in [0.1, 0.15) is 51.8 Å². The van der Waals surface area contributed by atoms with E-state index in [1.807, 2.05) is 32.9 Å². The summed E-state index contributed by atoms with van der Waals surface area (Å²) in [4.78, 5) is 38.9. The highest BCUT2D eigenvalue weighted by Crippen LogP contribution is 2.22. The van der Waals surface area contributed by atoms with Crippen molar-refractivity contribution in [2.24, 2.45) is 0 Å². The molecular formula is C21H33N3O5. The second-order valence-corrected chi connectivity index (χ2v) is 8.15. The summed E-state index contributed by atoms with van der Waals surface area (Å²) in [5.74, 6) is -0.861. The van der Waals surface area contributed by atoms with E-state index in [4.69, 9.17) is 4.74 Å². The third kappa shape index (κ3) is 8.51. The van der Waals surface area contributed by atoms with E-state index in [0.29, 0.717) is 5.56 Å². The van der Waals surface area contributed by atoms with Crippen LogP contribution in [0.3, 0.4) is 0 Å². The molecule has 0 spiro atoms. The van der Waals surface area contributed by atoms with Crippen molar-refractivity contribution in [3.8, 4) is 0 Å². The van der Waals surface area contributed by atoms with E-state index in [2.05, 4.69) is 10.6 Å². The zero-order valence-electron chi connectivity index (χ0n) is 18.1. The molecule has 0 bridgehead atoms. The maximum Gasteiger partial charge on any atom is 0.408 e. The summed E-state index contributed by atoms with van der Waals surface area (Å²) in [5, 5.41) is 14.7. The minimum Gasteiger partial charge on any atom is -0.444 e. The first kappa shape index (κ1) is 24.4. The molecule has 3 N–H and O–H groups in total. The molecule has 8 nitrogen and oxygen atoms in total. The first-order valence-corrected chi connectivity index (χ1v) is 9.68. The quantitative estimate of drug-likeness (QED) is 0.610. The molecule has 1 atom stereocenters. The van der Waals surface area contributed by atoms with Gasteiger partial charge in [0.05, 0.1) is 6.61 Å². The number of benzene rings is 1. The van der Waals surface area contributed by atoms with Crippen LogP contribution in [0.4, 0.5) is 4.79 Å². The number of hydrogen-bond donors (Lipinski definition) is 3. The Hall–Kier alpha value is -2.61. The zero-order valence-corrected chi connectivity index (χ0v) is 18.1. The summed E-state index contributed by atoms with van der Waals surface area (Å²) in [6, 6.07) is 6.22. The lowest BCUT2D eigenvalue weighted by atomic mass is 10.0. The summed E-state index contributed by atoms with van der Waals surface area (Å²) in [6.07, 6.45) is -0.728. The van der Waals surface area contributed by atoms with Gasteiger partial charge in [-0.2, -0.15) is 0 Å². The highest BCUT2D eigenvalue weighted by Gasteiger charge is 2.31. The van der Waals surface area contributed by atoms with Crippen molar-refractivity contribution in [1.82, 2.24) is 15.5 Å². The van der Waals surface area contributed by atoms with Gasteiger partial charge in [0.1, 0.15) is 18.2 Å². The first-order chi connectivity index (χ1) is 13.4. The summed E-state index contributed by atoms with van der Waals surface area (Å²) in [7, 11) is 0. The van der Waals surface area contributed by atoms with Crippen molar-refractivity contribution >= 4 is 17.9 Å². The number of nitrogens with zero attached hydrogens (tertiary/aromatic N) is 1. The Morgan fingerprint density at radius 3 is 2.38 bits per heavy atom. The van der Waals surface area contributed by atoms with Crippen molar-refractivity contribution in [3.05, 3.63) is 35.4 Å². The summed E-state index contributed by atoms with van der Waals surface area (Å²) < 4.78 is 5.14. The van der Waals surface area contributed by atoms with Crippen LogP contribution in [0.25, 0.3) is 0 Å². The topological polar surface area (TPSA) is 108 Å². The van der Waals surface area contributed by atoms with Crippen molar-refractivity contribution in [2.45, 2.75) is 59.2 Å². The molecule has 1 unspecified atom stereocenters. The molecule has 1 rings (SSSR count). The monoisotopic (exact) mass is 407 g/mol. The number of amides is 3. The molecule has 3 amide bonds. The number of nitrogens with one attached hydrogen (secondary N) is 2. The maximum absolute atomic E-state index is 12.9. The van der Waals surface area contributed by atoms with Gasteiger partial charge in [-0.05, 0) is 47.1 Å². The Bertz CT molecular complexity index is 713. The molecule has 29 heavy (non-hydrogen) atoms. The number of rotatable bonds is 8. The predicted octanol–water partition coefficient (Wildman–Crippen LogP) is 1.91. The molecule has 0 aliphatic heterocycles. The van der Waals surface area contributed by atoms with Gasteiger partial charge in [-0.15, -0.1) is 0 Å². The average Bonchev–Trinajstić information content (AvgIpc) is 2.57. The minimum atomic E-state index is -0.933. The summed E-state index contributed by atoms with van der Waals surface area (Å²) >= 11 is 0. The van der Waals surface area contributed by atoms with E-state index < -0.39 is 23.6 Å². The van der Waals surface area contributed by atoms with Crippen molar-refractivity contribution in [2.75, 3.05) is 19.7 Å². The second kappa shape index (κ2) is 10.8. The highest BCUT2D eigenvalue weighted by atomic mass is 16.6. The minimum absolute atomic E-state index is 0.0566. The van der Waals surface area contributed by atoms with Crippen LogP contribution in [-0.2, 0) is 14.3 Å². The van der Waals surface area contributed by atoms with Crippen molar-refractivity contribution in [3.63, 3.8) is 0 Å². The van der Waals surface area contributed by atoms with Crippen molar-refractivity contribution in [1.29, 1.82) is 0 Å². The van der Waals surface area contributed by atoms with Crippen LogP contribution in [-0.4, -0.2) is 59.3 Å².